The molecule has 0 aromatic rings. The highest BCUT2D eigenvalue weighted by Crippen LogP contribution is 2.18. The summed E-state index contributed by atoms with van der Waals surface area (Å²) in [6, 6.07) is 0.588. The van der Waals surface area contributed by atoms with Crippen LogP contribution in [-0.4, -0.2) is 49.7 Å². The van der Waals surface area contributed by atoms with E-state index >= 15 is 0 Å². The lowest BCUT2D eigenvalue weighted by Crippen LogP contribution is -2.45. The maximum atomic E-state index is 12.1. The first-order valence-corrected chi connectivity index (χ1v) is 6.86. The fourth-order valence-corrected chi connectivity index (χ4v) is 2.71. The molecule has 2 heterocycles. The SMILES string of the molecule is CNC1CCN(C(=O)CC2CCCCO2)CC1. The van der Waals surface area contributed by atoms with E-state index in [-0.39, 0.29) is 12.0 Å². The van der Waals surface area contributed by atoms with Gasteiger partial charge in [-0.2, -0.15) is 0 Å². The smallest absolute Gasteiger partial charge is 0.225 e. The maximum Gasteiger partial charge on any atom is 0.225 e. The van der Waals surface area contributed by atoms with Gasteiger partial charge in [0.15, 0.2) is 0 Å². The Labute approximate surface area is 104 Å². The molecule has 0 aromatic carbocycles. The van der Waals surface area contributed by atoms with Crippen LogP contribution in [0, 0.1) is 0 Å². The van der Waals surface area contributed by atoms with Gasteiger partial charge in [0.2, 0.25) is 5.91 Å². The minimum atomic E-state index is 0.179. The molecule has 1 unspecified atom stereocenters. The summed E-state index contributed by atoms with van der Waals surface area (Å²) in [5.41, 5.74) is 0. The summed E-state index contributed by atoms with van der Waals surface area (Å²) < 4.78 is 5.62. The predicted molar refractivity (Wildman–Crippen MR) is 66.9 cm³/mol. The van der Waals surface area contributed by atoms with Gasteiger partial charge in [-0.25, -0.2) is 0 Å². The topological polar surface area (TPSA) is 41.6 Å². The molecule has 1 atom stereocenters. The van der Waals surface area contributed by atoms with Crippen LogP contribution in [0.4, 0.5) is 0 Å². The van der Waals surface area contributed by atoms with Crippen LogP contribution in [0.5, 0.6) is 0 Å². The number of carbonyl (C=O) groups is 1. The van der Waals surface area contributed by atoms with Crippen molar-refractivity contribution in [3.63, 3.8) is 0 Å². The summed E-state index contributed by atoms with van der Waals surface area (Å²) in [5.74, 6) is 0.284. The summed E-state index contributed by atoms with van der Waals surface area (Å²) in [7, 11) is 2.00. The van der Waals surface area contributed by atoms with Crippen LogP contribution in [0.15, 0.2) is 0 Å². The van der Waals surface area contributed by atoms with Crippen molar-refractivity contribution in [1.82, 2.24) is 10.2 Å². The second-order valence-electron chi connectivity index (χ2n) is 5.14. The summed E-state index contributed by atoms with van der Waals surface area (Å²) in [6.07, 6.45) is 6.33. The van der Waals surface area contributed by atoms with E-state index in [0.29, 0.717) is 12.5 Å². The number of ether oxygens (including phenoxy) is 1. The zero-order valence-electron chi connectivity index (χ0n) is 10.8. The standard InChI is InChI=1S/C13H24N2O2/c1-14-11-5-7-15(8-6-11)13(16)10-12-4-2-3-9-17-12/h11-12,14H,2-10H2,1H3. The second-order valence-corrected chi connectivity index (χ2v) is 5.14. The normalized spacial score (nSPS) is 27.1. The summed E-state index contributed by atoms with van der Waals surface area (Å²) in [4.78, 5) is 14.1. The van der Waals surface area contributed by atoms with Gasteiger partial charge in [0.05, 0.1) is 12.5 Å². The maximum absolute atomic E-state index is 12.1. The van der Waals surface area contributed by atoms with Crippen molar-refractivity contribution < 1.29 is 9.53 Å². The molecule has 4 heteroatoms. The monoisotopic (exact) mass is 240 g/mol. The van der Waals surface area contributed by atoms with E-state index in [4.69, 9.17) is 4.74 Å². The van der Waals surface area contributed by atoms with E-state index in [2.05, 4.69) is 5.32 Å². The molecule has 0 aromatic heterocycles. The molecule has 0 aliphatic carbocycles. The number of rotatable bonds is 3. The first-order valence-electron chi connectivity index (χ1n) is 6.86. The summed E-state index contributed by atoms with van der Waals surface area (Å²) in [6.45, 7) is 2.63. The number of piperidine rings is 1. The Hall–Kier alpha value is -0.610. The Morgan fingerprint density at radius 1 is 1.29 bits per heavy atom. The van der Waals surface area contributed by atoms with Crippen molar-refractivity contribution in [3.8, 4) is 0 Å². The molecule has 4 nitrogen and oxygen atoms in total. The number of hydrogen-bond donors (Lipinski definition) is 1. The average molecular weight is 240 g/mol. The van der Waals surface area contributed by atoms with Gasteiger partial charge in [-0.05, 0) is 39.2 Å². The minimum absolute atomic E-state index is 0.179. The van der Waals surface area contributed by atoms with Crippen molar-refractivity contribution in [2.45, 2.75) is 50.7 Å². The fraction of sp³-hybridized carbons (Fsp3) is 0.923. The Morgan fingerprint density at radius 3 is 2.65 bits per heavy atom. The van der Waals surface area contributed by atoms with Gasteiger partial charge in [-0.1, -0.05) is 0 Å². The molecule has 2 aliphatic heterocycles. The molecule has 0 radical (unpaired) electrons. The van der Waals surface area contributed by atoms with Crippen LogP contribution in [0.25, 0.3) is 0 Å². The van der Waals surface area contributed by atoms with Crippen LogP contribution < -0.4 is 5.32 Å². The molecule has 2 fully saturated rings. The third-order valence-electron chi connectivity index (χ3n) is 3.93. The molecule has 0 bridgehead atoms. The van der Waals surface area contributed by atoms with E-state index in [1.807, 2.05) is 11.9 Å². The van der Waals surface area contributed by atoms with Crippen molar-refractivity contribution in [1.29, 1.82) is 0 Å². The fourth-order valence-electron chi connectivity index (χ4n) is 2.71. The first kappa shape index (κ1) is 12.8. The Balaban J connectivity index is 1.72. The number of nitrogens with zero attached hydrogens (tertiary/aromatic N) is 1. The lowest BCUT2D eigenvalue weighted by Gasteiger charge is -2.33. The molecule has 2 aliphatic rings. The van der Waals surface area contributed by atoms with Gasteiger partial charge < -0.3 is 15.0 Å². The minimum Gasteiger partial charge on any atom is -0.378 e. The third kappa shape index (κ3) is 3.68. The Kier molecular flexibility index (Phi) is 4.80. The molecule has 2 saturated heterocycles. The highest BCUT2D eigenvalue weighted by molar-refractivity contribution is 5.76. The van der Waals surface area contributed by atoms with E-state index < -0.39 is 0 Å². The zero-order valence-corrected chi connectivity index (χ0v) is 10.8. The van der Waals surface area contributed by atoms with Crippen LogP contribution in [-0.2, 0) is 9.53 Å². The molecule has 2 rings (SSSR count). The Bertz CT molecular complexity index is 244. The average Bonchev–Trinajstić information content (AvgIpc) is 2.40. The number of carbonyl (C=O) groups excluding carboxylic acids is 1. The molecule has 17 heavy (non-hydrogen) atoms. The van der Waals surface area contributed by atoms with E-state index in [1.54, 1.807) is 0 Å². The highest BCUT2D eigenvalue weighted by Gasteiger charge is 2.25. The van der Waals surface area contributed by atoms with Crippen molar-refractivity contribution >= 4 is 5.91 Å². The number of likely N-dealkylation sites (tertiary alicyclic amines) is 1. The van der Waals surface area contributed by atoms with Crippen LogP contribution >= 0.6 is 0 Å². The van der Waals surface area contributed by atoms with Crippen molar-refractivity contribution in [2.75, 3.05) is 26.7 Å². The molecular formula is C13H24N2O2. The Morgan fingerprint density at radius 2 is 2.06 bits per heavy atom. The van der Waals surface area contributed by atoms with Gasteiger partial charge in [0.1, 0.15) is 0 Å². The van der Waals surface area contributed by atoms with Crippen LogP contribution in [0.1, 0.15) is 38.5 Å². The van der Waals surface area contributed by atoms with E-state index in [9.17, 15) is 4.79 Å². The highest BCUT2D eigenvalue weighted by atomic mass is 16.5. The predicted octanol–water partition coefficient (Wildman–Crippen LogP) is 1.16. The molecule has 0 saturated carbocycles. The molecule has 0 spiro atoms. The van der Waals surface area contributed by atoms with Crippen LogP contribution in [0.3, 0.4) is 0 Å². The van der Waals surface area contributed by atoms with Crippen LogP contribution in [0.2, 0.25) is 0 Å². The largest absolute Gasteiger partial charge is 0.378 e. The third-order valence-corrected chi connectivity index (χ3v) is 3.93. The van der Waals surface area contributed by atoms with E-state index in [0.717, 1.165) is 45.4 Å². The van der Waals surface area contributed by atoms with Gasteiger partial charge in [-0.3, -0.25) is 4.79 Å². The molecule has 98 valence electrons. The van der Waals surface area contributed by atoms with Gasteiger partial charge in [0, 0.05) is 25.7 Å². The molecular weight excluding hydrogens is 216 g/mol. The number of hydrogen-bond acceptors (Lipinski definition) is 3. The van der Waals surface area contributed by atoms with Gasteiger partial charge in [-0.15, -0.1) is 0 Å². The van der Waals surface area contributed by atoms with E-state index in [1.165, 1.54) is 6.42 Å². The number of amides is 1. The molecule has 1 amide bonds. The zero-order chi connectivity index (χ0) is 12.1. The lowest BCUT2D eigenvalue weighted by atomic mass is 10.0. The lowest BCUT2D eigenvalue weighted by molar-refractivity contribution is -0.136. The first-order chi connectivity index (χ1) is 8.29. The number of nitrogens with one attached hydrogen (secondary N) is 1. The van der Waals surface area contributed by atoms with Crippen molar-refractivity contribution in [3.05, 3.63) is 0 Å². The van der Waals surface area contributed by atoms with Gasteiger partial charge in [0.25, 0.3) is 0 Å². The molecule has 1 N–H and O–H groups in total. The quantitative estimate of drug-likeness (QED) is 0.805. The summed E-state index contributed by atoms with van der Waals surface area (Å²) >= 11 is 0. The van der Waals surface area contributed by atoms with Gasteiger partial charge >= 0.3 is 0 Å². The van der Waals surface area contributed by atoms with Crippen molar-refractivity contribution in [2.24, 2.45) is 0 Å². The second kappa shape index (κ2) is 6.36. The summed E-state index contributed by atoms with van der Waals surface area (Å²) in [5, 5.41) is 3.28.